The predicted molar refractivity (Wildman–Crippen MR) is 68.2 cm³/mol. The molecule has 17 heavy (non-hydrogen) atoms. The number of halogens is 2. The van der Waals surface area contributed by atoms with Gasteiger partial charge in [0, 0.05) is 4.47 Å². The third-order valence-corrected chi connectivity index (χ3v) is 2.70. The number of amides is 1. The van der Waals surface area contributed by atoms with Crippen LogP contribution in [0.5, 0.6) is 0 Å². The van der Waals surface area contributed by atoms with Crippen LogP contribution >= 0.6 is 27.5 Å². The highest BCUT2D eigenvalue weighted by atomic mass is 79.9. The van der Waals surface area contributed by atoms with Crippen LogP contribution in [-0.4, -0.2) is 30.9 Å². The Balaban J connectivity index is 2.45. The van der Waals surface area contributed by atoms with E-state index in [2.05, 4.69) is 21.2 Å². The average Bonchev–Trinajstić information content (AvgIpc) is 2.34. The number of rotatable bonds is 5. The topological polar surface area (TPSA) is 55.4 Å². The highest BCUT2D eigenvalue weighted by Gasteiger charge is 2.10. The summed E-state index contributed by atoms with van der Waals surface area (Å²) in [7, 11) is 0. The molecule has 0 spiro atoms. The summed E-state index contributed by atoms with van der Waals surface area (Å²) in [5.41, 5.74) is 0.470. The van der Waals surface area contributed by atoms with E-state index in [1.807, 2.05) is 0 Å². The van der Waals surface area contributed by atoms with E-state index in [1.54, 1.807) is 24.3 Å². The van der Waals surface area contributed by atoms with Crippen LogP contribution in [0.2, 0.25) is 0 Å². The molecule has 0 bridgehead atoms. The van der Waals surface area contributed by atoms with Crippen LogP contribution < -0.4 is 5.32 Å². The summed E-state index contributed by atoms with van der Waals surface area (Å²) < 4.78 is 5.38. The van der Waals surface area contributed by atoms with E-state index >= 15 is 0 Å². The Bertz CT molecular complexity index is 411. The summed E-state index contributed by atoms with van der Waals surface area (Å²) in [6, 6.07) is 6.95. The molecule has 0 heterocycles. The van der Waals surface area contributed by atoms with Crippen molar-refractivity contribution < 1.29 is 14.3 Å². The normalized spacial score (nSPS) is 9.76. The lowest BCUT2D eigenvalue weighted by molar-refractivity contribution is -0.141. The van der Waals surface area contributed by atoms with Crippen LogP contribution in [0.25, 0.3) is 0 Å². The van der Waals surface area contributed by atoms with Crippen LogP contribution in [0.3, 0.4) is 0 Å². The molecule has 0 saturated heterocycles. The van der Waals surface area contributed by atoms with Gasteiger partial charge in [-0.15, -0.1) is 11.6 Å². The Morgan fingerprint density at radius 3 is 2.71 bits per heavy atom. The van der Waals surface area contributed by atoms with Crippen molar-refractivity contribution in [1.29, 1.82) is 0 Å². The molecule has 0 aromatic heterocycles. The molecule has 0 fully saturated rings. The minimum atomic E-state index is -0.508. The van der Waals surface area contributed by atoms with Crippen molar-refractivity contribution in [2.45, 2.75) is 0 Å². The Morgan fingerprint density at radius 2 is 2.06 bits per heavy atom. The first-order valence-electron chi connectivity index (χ1n) is 4.89. The van der Waals surface area contributed by atoms with Gasteiger partial charge in [-0.3, -0.25) is 9.59 Å². The lowest BCUT2D eigenvalue weighted by Crippen LogP contribution is -2.31. The average molecular weight is 321 g/mol. The van der Waals surface area contributed by atoms with E-state index in [0.717, 1.165) is 0 Å². The van der Waals surface area contributed by atoms with Crippen LogP contribution in [0, 0.1) is 0 Å². The number of carbonyl (C=O) groups is 2. The molecule has 1 N–H and O–H groups in total. The second-order valence-corrected chi connectivity index (χ2v) is 4.30. The van der Waals surface area contributed by atoms with Gasteiger partial charge in [-0.25, -0.2) is 0 Å². The maximum atomic E-state index is 11.7. The number of carbonyl (C=O) groups excluding carboxylic acids is 2. The van der Waals surface area contributed by atoms with Crippen molar-refractivity contribution in [3.8, 4) is 0 Å². The van der Waals surface area contributed by atoms with Crippen molar-refractivity contribution in [2.24, 2.45) is 0 Å². The van der Waals surface area contributed by atoms with Gasteiger partial charge in [0.05, 0.1) is 11.4 Å². The number of hydrogen-bond donors (Lipinski definition) is 1. The van der Waals surface area contributed by atoms with E-state index in [-0.39, 0.29) is 24.9 Å². The van der Waals surface area contributed by atoms with Gasteiger partial charge < -0.3 is 10.1 Å². The molecule has 0 saturated carbocycles. The summed E-state index contributed by atoms with van der Waals surface area (Å²) in [6.07, 6.45) is 0. The van der Waals surface area contributed by atoms with Gasteiger partial charge in [0.15, 0.2) is 0 Å². The number of hydrogen-bond acceptors (Lipinski definition) is 3. The van der Waals surface area contributed by atoms with Crippen LogP contribution in [0.1, 0.15) is 10.4 Å². The maximum Gasteiger partial charge on any atom is 0.325 e. The quantitative estimate of drug-likeness (QED) is 0.666. The molecule has 0 atom stereocenters. The number of benzene rings is 1. The van der Waals surface area contributed by atoms with Gasteiger partial charge in [0.2, 0.25) is 0 Å². The van der Waals surface area contributed by atoms with Crippen molar-refractivity contribution in [3.05, 3.63) is 34.3 Å². The van der Waals surface area contributed by atoms with E-state index < -0.39 is 5.97 Å². The molecule has 0 radical (unpaired) electrons. The molecule has 0 aliphatic heterocycles. The van der Waals surface area contributed by atoms with Crippen molar-refractivity contribution in [3.63, 3.8) is 0 Å². The smallest absolute Gasteiger partial charge is 0.325 e. The summed E-state index contributed by atoms with van der Waals surface area (Å²) in [6.45, 7) is -0.0254. The van der Waals surface area contributed by atoms with E-state index in [1.165, 1.54) is 0 Å². The monoisotopic (exact) mass is 319 g/mol. The van der Waals surface area contributed by atoms with Crippen LogP contribution in [-0.2, 0) is 9.53 Å². The summed E-state index contributed by atoms with van der Waals surface area (Å²) in [5.74, 6) is -0.601. The Morgan fingerprint density at radius 1 is 1.35 bits per heavy atom. The van der Waals surface area contributed by atoms with E-state index in [4.69, 9.17) is 16.3 Å². The Kier molecular flexibility index (Phi) is 6.00. The molecule has 6 heteroatoms. The summed E-state index contributed by atoms with van der Waals surface area (Å²) in [5, 5.41) is 2.46. The minimum absolute atomic E-state index is 0.144. The van der Waals surface area contributed by atoms with Gasteiger partial charge in [0.1, 0.15) is 13.2 Å². The van der Waals surface area contributed by atoms with Crippen molar-refractivity contribution in [2.75, 3.05) is 19.0 Å². The third-order valence-electron chi connectivity index (χ3n) is 1.85. The fourth-order valence-corrected chi connectivity index (χ4v) is 1.64. The van der Waals surface area contributed by atoms with E-state index in [9.17, 15) is 9.59 Å². The molecule has 0 aliphatic carbocycles. The molecule has 0 aliphatic rings. The molecule has 4 nitrogen and oxygen atoms in total. The van der Waals surface area contributed by atoms with Gasteiger partial charge in [-0.2, -0.15) is 0 Å². The summed E-state index contributed by atoms with van der Waals surface area (Å²) >= 11 is 8.61. The summed E-state index contributed by atoms with van der Waals surface area (Å²) in [4.78, 5) is 22.8. The van der Waals surface area contributed by atoms with Gasteiger partial charge >= 0.3 is 5.97 Å². The SMILES string of the molecule is O=C(CNC(=O)c1ccccc1Br)OCCCl. The molecule has 0 unspecified atom stereocenters. The van der Waals surface area contributed by atoms with Gasteiger partial charge in [-0.05, 0) is 28.1 Å². The first-order valence-corrected chi connectivity index (χ1v) is 6.22. The number of nitrogens with one attached hydrogen (secondary N) is 1. The fraction of sp³-hybridized carbons (Fsp3) is 0.273. The standard InChI is InChI=1S/C11H11BrClNO3/c12-9-4-2-1-3-8(9)11(16)14-7-10(15)17-6-5-13/h1-4H,5-7H2,(H,14,16). The van der Waals surface area contributed by atoms with Crippen LogP contribution in [0.4, 0.5) is 0 Å². The lowest BCUT2D eigenvalue weighted by Gasteiger charge is -2.06. The molecule has 1 aromatic carbocycles. The van der Waals surface area contributed by atoms with Crippen LogP contribution in [0.15, 0.2) is 28.7 Å². The molecule has 1 amide bonds. The van der Waals surface area contributed by atoms with Crippen molar-refractivity contribution >= 4 is 39.4 Å². The first-order chi connectivity index (χ1) is 8.15. The van der Waals surface area contributed by atoms with Crippen molar-refractivity contribution in [1.82, 2.24) is 5.32 Å². The zero-order valence-corrected chi connectivity index (χ0v) is 11.3. The number of esters is 1. The molecule has 92 valence electrons. The second-order valence-electron chi connectivity index (χ2n) is 3.07. The minimum Gasteiger partial charge on any atom is -0.463 e. The number of ether oxygens (including phenoxy) is 1. The Hall–Kier alpha value is -1.07. The highest BCUT2D eigenvalue weighted by Crippen LogP contribution is 2.15. The maximum absolute atomic E-state index is 11.7. The third kappa shape index (κ3) is 4.75. The Labute approximate surface area is 112 Å². The molecular weight excluding hydrogens is 309 g/mol. The first kappa shape index (κ1) is 14.0. The van der Waals surface area contributed by atoms with Gasteiger partial charge in [-0.1, -0.05) is 12.1 Å². The molecule has 1 rings (SSSR count). The zero-order valence-electron chi connectivity index (χ0n) is 8.91. The predicted octanol–water partition coefficient (Wildman–Crippen LogP) is 1.96. The lowest BCUT2D eigenvalue weighted by atomic mass is 10.2. The zero-order chi connectivity index (χ0) is 12.7. The molecule has 1 aromatic rings. The highest BCUT2D eigenvalue weighted by molar-refractivity contribution is 9.10. The number of alkyl halides is 1. The largest absolute Gasteiger partial charge is 0.463 e. The fourth-order valence-electron chi connectivity index (χ4n) is 1.10. The van der Waals surface area contributed by atoms with E-state index in [0.29, 0.717) is 10.0 Å². The second kappa shape index (κ2) is 7.29. The molecular formula is C11H11BrClNO3. The van der Waals surface area contributed by atoms with Gasteiger partial charge in [0.25, 0.3) is 5.91 Å².